The molecular formula is C28H36N2O7. The number of nitrogens with one attached hydrogen (secondary N) is 1. The molecule has 1 amide bonds. The SMILES string of the molecule is CN(C)CCCc1ccc(O)c2c1CC1CC3CC(=O)C(C(=O)NC(C)(C)C)=C(O)C3(O)C(=O)C1=C2O. The molecule has 200 valence electrons. The van der Waals surface area contributed by atoms with Crippen molar-refractivity contribution in [2.24, 2.45) is 11.8 Å². The maximum Gasteiger partial charge on any atom is 0.258 e. The Kier molecular flexibility index (Phi) is 6.75. The van der Waals surface area contributed by atoms with Crippen LogP contribution in [-0.2, 0) is 27.2 Å². The van der Waals surface area contributed by atoms with Gasteiger partial charge >= 0.3 is 0 Å². The van der Waals surface area contributed by atoms with E-state index in [4.69, 9.17) is 0 Å². The van der Waals surface area contributed by atoms with E-state index in [1.54, 1.807) is 20.8 Å². The number of benzene rings is 1. The standard InChI is InChI=1S/C28H36N2O7/c1-27(2,3)29-26(36)22-19(32)13-16-11-15-12-17-14(7-6-10-30(4)5)8-9-18(31)21(17)23(33)20(15)24(34)28(16,37)25(22)35/h8-9,15-16,31,33,35,37H,6-7,10-13H2,1-5H3,(H,29,36). The van der Waals surface area contributed by atoms with Crippen molar-refractivity contribution < 1.29 is 34.8 Å². The quantitative estimate of drug-likeness (QED) is 0.378. The Hall–Kier alpha value is -3.17. The Morgan fingerprint density at radius 2 is 1.81 bits per heavy atom. The number of fused-ring (bicyclic) bond motifs is 3. The maximum absolute atomic E-state index is 13.8. The van der Waals surface area contributed by atoms with Gasteiger partial charge < -0.3 is 30.6 Å². The first-order valence-corrected chi connectivity index (χ1v) is 12.6. The maximum atomic E-state index is 13.8. The fourth-order valence-electron chi connectivity index (χ4n) is 5.89. The summed E-state index contributed by atoms with van der Waals surface area (Å²) in [5.41, 5.74) is -2.11. The van der Waals surface area contributed by atoms with Gasteiger partial charge in [0.1, 0.15) is 22.8 Å². The number of hydrogen-bond donors (Lipinski definition) is 5. The first kappa shape index (κ1) is 26.9. The molecule has 37 heavy (non-hydrogen) atoms. The second-order valence-corrected chi connectivity index (χ2v) is 11.8. The van der Waals surface area contributed by atoms with Crippen molar-refractivity contribution >= 4 is 23.2 Å². The van der Waals surface area contributed by atoms with Crippen LogP contribution in [-0.4, -0.2) is 74.6 Å². The third-order valence-corrected chi connectivity index (χ3v) is 7.56. The van der Waals surface area contributed by atoms with Gasteiger partial charge in [-0.05, 0) is 90.2 Å². The summed E-state index contributed by atoms with van der Waals surface area (Å²) in [4.78, 5) is 41.6. The highest BCUT2D eigenvalue weighted by Gasteiger charge is 2.60. The first-order chi connectivity index (χ1) is 17.2. The molecule has 9 heteroatoms. The predicted molar refractivity (Wildman–Crippen MR) is 137 cm³/mol. The number of rotatable bonds is 5. The predicted octanol–water partition coefficient (Wildman–Crippen LogP) is 2.35. The van der Waals surface area contributed by atoms with Crippen LogP contribution in [0.5, 0.6) is 5.75 Å². The molecule has 0 radical (unpaired) electrons. The van der Waals surface area contributed by atoms with Gasteiger partial charge in [-0.3, -0.25) is 14.4 Å². The summed E-state index contributed by atoms with van der Waals surface area (Å²) in [5, 5.41) is 47.0. The van der Waals surface area contributed by atoms with E-state index >= 15 is 0 Å². The van der Waals surface area contributed by atoms with Crippen LogP contribution in [0.1, 0.15) is 56.7 Å². The summed E-state index contributed by atoms with van der Waals surface area (Å²) in [6.45, 7) is 5.96. The fraction of sp³-hybridized carbons (Fsp3) is 0.536. The van der Waals surface area contributed by atoms with Gasteiger partial charge in [0, 0.05) is 23.5 Å². The van der Waals surface area contributed by atoms with Crippen LogP contribution in [0, 0.1) is 11.8 Å². The molecule has 0 spiro atoms. The lowest BCUT2D eigenvalue weighted by atomic mass is 9.59. The van der Waals surface area contributed by atoms with E-state index < -0.39 is 57.5 Å². The third-order valence-electron chi connectivity index (χ3n) is 7.56. The van der Waals surface area contributed by atoms with E-state index in [0.29, 0.717) is 12.8 Å². The normalized spacial score (nSPS) is 25.7. The molecule has 0 heterocycles. The van der Waals surface area contributed by atoms with Crippen molar-refractivity contribution in [2.75, 3.05) is 20.6 Å². The summed E-state index contributed by atoms with van der Waals surface area (Å²) in [6.07, 6.45) is 1.78. The molecule has 9 nitrogen and oxygen atoms in total. The van der Waals surface area contributed by atoms with Gasteiger partial charge in [-0.25, -0.2) is 0 Å². The Balaban J connectivity index is 1.79. The topological polar surface area (TPSA) is 147 Å². The molecule has 1 saturated carbocycles. The minimum Gasteiger partial charge on any atom is -0.508 e. The minimum atomic E-state index is -2.52. The van der Waals surface area contributed by atoms with Crippen molar-refractivity contribution in [3.63, 3.8) is 0 Å². The average molecular weight is 513 g/mol. The van der Waals surface area contributed by atoms with E-state index in [9.17, 15) is 34.8 Å². The van der Waals surface area contributed by atoms with Gasteiger partial charge in [0.05, 0.1) is 5.56 Å². The highest BCUT2D eigenvalue weighted by atomic mass is 16.3. The molecular weight excluding hydrogens is 476 g/mol. The number of amides is 1. The smallest absolute Gasteiger partial charge is 0.258 e. The molecule has 1 fully saturated rings. The van der Waals surface area contributed by atoms with Gasteiger partial charge in [-0.1, -0.05) is 6.07 Å². The zero-order chi connectivity index (χ0) is 27.4. The number of aliphatic hydroxyl groups excluding tert-OH is 2. The Labute approximate surface area is 216 Å². The highest BCUT2D eigenvalue weighted by Crippen LogP contribution is 2.52. The lowest BCUT2D eigenvalue weighted by molar-refractivity contribution is -0.147. The van der Waals surface area contributed by atoms with E-state index in [1.807, 2.05) is 20.2 Å². The molecule has 5 N–H and O–H groups in total. The molecule has 3 unspecified atom stereocenters. The minimum absolute atomic E-state index is 0.0940. The number of aryl methyl sites for hydroxylation is 1. The van der Waals surface area contributed by atoms with Crippen molar-refractivity contribution in [1.29, 1.82) is 0 Å². The molecule has 0 aromatic heterocycles. The van der Waals surface area contributed by atoms with Crippen molar-refractivity contribution in [2.45, 2.75) is 64.0 Å². The molecule has 0 saturated heterocycles. The third kappa shape index (κ3) is 4.55. The van der Waals surface area contributed by atoms with Crippen molar-refractivity contribution in [3.05, 3.63) is 45.7 Å². The second-order valence-electron chi connectivity index (χ2n) is 11.8. The summed E-state index contributed by atoms with van der Waals surface area (Å²) >= 11 is 0. The zero-order valence-corrected chi connectivity index (χ0v) is 22.0. The van der Waals surface area contributed by atoms with Crippen LogP contribution in [0.4, 0.5) is 0 Å². The van der Waals surface area contributed by atoms with Gasteiger partial charge in [-0.15, -0.1) is 0 Å². The molecule has 3 atom stereocenters. The van der Waals surface area contributed by atoms with Gasteiger partial charge in [0.15, 0.2) is 11.4 Å². The number of phenols is 1. The Morgan fingerprint density at radius 3 is 2.43 bits per heavy atom. The number of phenolic OH excluding ortho intramolecular Hbond substituents is 1. The number of Topliss-reactive ketones (excluding diaryl/α,β-unsaturated/α-hetero) is 2. The molecule has 1 aromatic carbocycles. The average Bonchev–Trinajstić information content (AvgIpc) is 2.76. The van der Waals surface area contributed by atoms with Crippen LogP contribution in [0.2, 0.25) is 0 Å². The second kappa shape index (κ2) is 9.29. The number of aromatic hydroxyl groups is 1. The number of carbonyl (C=O) groups excluding carboxylic acids is 3. The van der Waals surface area contributed by atoms with Crippen LogP contribution in [0.15, 0.2) is 29.0 Å². The van der Waals surface area contributed by atoms with Crippen LogP contribution in [0.25, 0.3) is 5.76 Å². The molecule has 3 aliphatic carbocycles. The first-order valence-electron chi connectivity index (χ1n) is 12.6. The Morgan fingerprint density at radius 1 is 1.14 bits per heavy atom. The number of aliphatic hydroxyl groups is 3. The number of hydrogen-bond acceptors (Lipinski definition) is 8. The molecule has 1 aromatic rings. The molecule has 4 rings (SSSR count). The van der Waals surface area contributed by atoms with E-state index in [2.05, 4.69) is 10.2 Å². The number of carbonyl (C=O) groups is 3. The van der Waals surface area contributed by atoms with Crippen LogP contribution >= 0.6 is 0 Å². The highest BCUT2D eigenvalue weighted by molar-refractivity contribution is 6.23. The largest absolute Gasteiger partial charge is 0.508 e. The summed E-state index contributed by atoms with van der Waals surface area (Å²) in [7, 11) is 3.96. The summed E-state index contributed by atoms with van der Waals surface area (Å²) < 4.78 is 0. The van der Waals surface area contributed by atoms with E-state index in [-0.39, 0.29) is 29.7 Å². The monoisotopic (exact) mass is 512 g/mol. The lowest BCUT2D eigenvalue weighted by Crippen LogP contribution is -2.58. The van der Waals surface area contributed by atoms with Gasteiger partial charge in [-0.2, -0.15) is 0 Å². The summed E-state index contributed by atoms with van der Waals surface area (Å²) in [5.74, 6) is -5.50. The van der Waals surface area contributed by atoms with Crippen LogP contribution < -0.4 is 5.32 Å². The van der Waals surface area contributed by atoms with Crippen LogP contribution in [0.3, 0.4) is 0 Å². The molecule has 3 aliphatic rings. The lowest BCUT2D eigenvalue weighted by Gasteiger charge is -2.46. The number of ketones is 2. The summed E-state index contributed by atoms with van der Waals surface area (Å²) in [6, 6.07) is 3.30. The van der Waals surface area contributed by atoms with E-state index in [0.717, 1.165) is 24.1 Å². The van der Waals surface area contributed by atoms with Gasteiger partial charge in [0.25, 0.3) is 5.91 Å². The van der Waals surface area contributed by atoms with Gasteiger partial charge in [0.2, 0.25) is 5.78 Å². The molecule has 0 bridgehead atoms. The molecule has 0 aliphatic heterocycles. The van der Waals surface area contributed by atoms with Crippen molar-refractivity contribution in [3.8, 4) is 5.75 Å². The zero-order valence-electron chi connectivity index (χ0n) is 22.0. The van der Waals surface area contributed by atoms with Crippen molar-refractivity contribution in [1.82, 2.24) is 10.2 Å². The fourth-order valence-corrected chi connectivity index (χ4v) is 5.89. The van der Waals surface area contributed by atoms with E-state index in [1.165, 1.54) is 6.07 Å². The number of nitrogens with zero attached hydrogens (tertiary/aromatic N) is 1. The Bertz CT molecular complexity index is 1240.